The number of nitrogens with one attached hydrogen (secondary N) is 1. The molecule has 0 aliphatic heterocycles. The number of benzene rings is 2. The third-order valence-corrected chi connectivity index (χ3v) is 5.17. The van der Waals surface area contributed by atoms with Crippen LogP contribution in [-0.4, -0.2) is 36.9 Å². The van der Waals surface area contributed by atoms with E-state index in [0.717, 1.165) is 0 Å². The van der Waals surface area contributed by atoms with Crippen LogP contribution in [0, 0.1) is 0 Å². The number of hydrogen-bond acceptors (Lipinski definition) is 9. The van der Waals surface area contributed by atoms with Gasteiger partial charge in [0.15, 0.2) is 11.5 Å². The van der Waals surface area contributed by atoms with Gasteiger partial charge >= 0.3 is 11.9 Å². The molecule has 0 bridgehead atoms. The predicted molar refractivity (Wildman–Crippen MR) is 123 cm³/mol. The lowest BCUT2D eigenvalue weighted by atomic mass is 10.2. The Kier molecular flexibility index (Phi) is 8.18. The molecule has 0 fully saturated rings. The number of aromatic nitrogens is 1. The maximum Gasteiger partial charge on any atom is 0.345 e. The summed E-state index contributed by atoms with van der Waals surface area (Å²) in [4.78, 5) is 28.2. The van der Waals surface area contributed by atoms with Crippen LogP contribution >= 0.6 is 22.9 Å². The Bertz CT molecular complexity index is 1130. The van der Waals surface area contributed by atoms with Crippen molar-refractivity contribution in [1.82, 2.24) is 4.98 Å². The summed E-state index contributed by atoms with van der Waals surface area (Å²) in [6, 6.07) is 11.6. The maximum absolute atomic E-state index is 12.4. The fourth-order valence-electron chi connectivity index (χ4n) is 2.59. The van der Waals surface area contributed by atoms with Gasteiger partial charge in [0.25, 0.3) is 0 Å². The molecule has 2 aromatic carbocycles. The van der Waals surface area contributed by atoms with Crippen LogP contribution in [0.4, 0.5) is 5.13 Å². The van der Waals surface area contributed by atoms with Crippen molar-refractivity contribution in [3.05, 3.63) is 69.7 Å². The molecule has 0 atom stereocenters. The second-order valence-corrected chi connectivity index (χ2v) is 7.54. The smallest absolute Gasteiger partial charge is 0.345 e. The van der Waals surface area contributed by atoms with Crippen molar-refractivity contribution in [2.45, 2.75) is 13.3 Å². The van der Waals surface area contributed by atoms with Crippen LogP contribution in [0.15, 0.2) is 52.9 Å². The van der Waals surface area contributed by atoms with Gasteiger partial charge in [-0.3, -0.25) is 10.2 Å². The van der Waals surface area contributed by atoms with Crippen LogP contribution in [0.5, 0.6) is 11.5 Å². The topological polar surface area (TPSA) is 99.1 Å². The predicted octanol–water partition coefficient (Wildman–Crippen LogP) is 4.58. The lowest BCUT2D eigenvalue weighted by molar-refractivity contribution is -0.142. The molecule has 0 amide bonds. The fraction of sp³-hybridized carbons (Fsp3) is 0.182. The molecule has 1 heterocycles. The Hall–Kier alpha value is -3.43. The first kappa shape index (κ1) is 23.2. The van der Waals surface area contributed by atoms with E-state index in [4.69, 9.17) is 25.8 Å². The highest BCUT2D eigenvalue weighted by Gasteiger charge is 2.15. The molecule has 1 N–H and O–H groups in total. The van der Waals surface area contributed by atoms with Gasteiger partial charge in [-0.1, -0.05) is 23.7 Å². The average molecular weight is 474 g/mol. The summed E-state index contributed by atoms with van der Waals surface area (Å²) in [6.07, 6.45) is 1.68. The number of ether oxygens (including phenoxy) is 3. The molecule has 0 unspecified atom stereocenters. The minimum Gasteiger partial charge on any atom is -0.493 e. The lowest BCUT2D eigenvalue weighted by Crippen LogP contribution is -2.10. The first-order valence-electron chi connectivity index (χ1n) is 9.54. The van der Waals surface area contributed by atoms with E-state index in [1.54, 1.807) is 61.0 Å². The highest BCUT2D eigenvalue weighted by Crippen LogP contribution is 2.29. The van der Waals surface area contributed by atoms with Gasteiger partial charge < -0.3 is 14.2 Å². The number of carbonyl (C=O) groups is 2. The molecule has 0 saturated carbocycles. The van der Waals surface area contributed by atoms with Crippen LogP contribution in [-0.2, 0) is 16.0 Å². The number of hydrazone groups is 1. The number of halogens is 1. The van der Waals surface area contributed by atoms with Crippen molar-refractivity contribution in [3.8, 4) is 11.5 Å². The molecule has 0 radical (unpaired) electrons. The lowest BCUT2D eigenvalue weighted by Gasteiger charge is -2.10. The monoisotopic (exact) mass is 473 g/mol. The van der Waals surface area contributed by atoms with Crippen LogP contribution in [0.25, 0.3) is 0 Å². The van der Waals surface area contributed by atoms with Gasteiger partial charge in [-0.2, -0.15) is 5.10 Å². The largest absolute Gasteiger partial charge is 0.493 e. The number of rotatable bonds is 9. The summed E-state index contributed by atoms with van der Waals surface area (Å²) in [7, 11) is 1.47. The number of anilines is 1. The van der Waals surface area contributed by atoms with E-state index in [9.17, 15) is 9.59 Å². The molecule has 10 heteroatoms. The highest BCUT2D eigenvalue weighted by atomic mass is 35.5. The Morgan fingerprint density at radius 2 is 2.03 bits per heavy atom. The summed E-state index contributed by atoms with van der Waals surface area (Å²) in [5.74, 6) is -0.291. The minimum atomic E-state index is -0.584. The van der Waals surface area contributed by atoms with Crippen LogP contribution < -0.4 is 14.9 Å². The van der Waals surface area contributed by atoms with Crippen molar-refractivity contribution in [3.63, 3.8) is 0 Å². The van der Waals surface area contributed by atoms with Crippen molar-refractivity contribution >= 4 is 46.2 Å². The van der Waals surface area contributed by atoms with Gasteiger partial charge in [0.05, 0.1) is 42.6 Å². The van der Waals surface area contributed by atoms with Crippen LogP contribution in [0.1, 0.15) is 28.5 Å². The van der Waals surface area contributed by atoms with Crippen molar-refractivity contribution < 1.29 is 23.8 Å². The molecule has 1 aromatic heterocycles. The minimum absolute atomic E-state index is 0.112. The third-order valence-electron chi connectivity index (χ3n) is 4.04. The second-order valence-electron chi connectivity index (χ2n) is 6.28. The summed E-state index contributed by atoms with van der Waals surface area (Å²) >= 11 is 7.37. The van der Waals surface area contributed by atoms with Crippen LogP contribution in [0.3, 0.4) is 0 Å². The molecule has 0 aliphatic carbocycles. The number of methoxy groups -OCH3 is 1. The van der Waals surface area contributed by atoms with E-state index in [1.165, 1.54) is 18.4 Å². The molecule has 0 aliphatic rings. The summed E-state index contributed by atoms with van der Waals surface area (Å²) in [5.41, 5.74) is 4.39. The highest BCUT2D eigenvalue weighted by molar-refractivity contribution is 7.13. The van der Waals surface area contributed by atoms with E-state index in [1.807, 2.05) is 0 Å². The van der Waals surface area contributed by atoms with Gasteiger partial charge in [-0.15, -0.1) is 11.3 Å². The standard InChI is InChI=1S/C22H20ClN3O5S/c1-3-30-20(27)11-15-13-32-22(25-15)26-24-12-14-8-9-18(19(10-14)29-2)31-21(28)16-6-4-5-7-17(16)23/h4-10,12-13H,3,11H2,1-2H3,(H,25,26). The fourth-order valence-corrected chi connectivity index (χ4v) is 3.46. The maximum atomic E-state index is 12.4. The number of hydrogen-bond donors (Lipinski definition) is 1. The first-order valence-corrected chi connectivity index (χ1v) is 10.8. The van der Waals surface area contributed by atoms with Gasteiger partial charge in [0.2, 0.25) is 5.13 Å². The first-order chi connectivity index (χ1) is 15.5. The second kappa shape index (κ2) is 11.3. The zero-order valence-electron chi connectivity index (χ0n) is 17.3. The molecule has 3 aromatic rings. The number of thiazole rings is 1. The van der Waals surface area contributed by atoms with Gasteiger partial charge in [-0.05, 0) is 42.8 Å². The number of nitrogens with zero attached hydrogens (tertiary/aromatic N) is 2. The van der Waals surface area contributed by atoms with Crippen LogP contribution in [0.2, 0.25) is 5.02 Å². The van der Waals surface area contributed by atoms with E-state index in [0.29, 0.717) is 33.8 Å². The molecule has 166 valence electrons. The van der Waals surface area contributed by atoms with Crippen molar-refractivity contribution in [2.24, 2.45) is 5.10 Å². The van der Waals surface area contributed by atoms with Crippen molar-refractivity contribution in [2.75, 3.05) is 19.1 Å². The zero-order chi connectivity index (χ0) is 22.9. The molecule has 8 nitrogen and oxygen atoms in total. The van der Waals surface area contributed by atoms with E-state index in [-0.39, 0.29) is 23.7 Å². The molecule has 0 saturated heterocycles. The van der Waals surface area contributed by atoms with Gasteiger partial charge in [0, 0.05) is 5.38 Å². The van der Waals surface area contributed by atoms with E-state index < -0.39 is 5.97 Å². The molecule has 0 spiro atoms. The number of carbonyl (C=O) groups excluding carboxylic acids is 2. The zero-order valence-corrected chi connectivity index (χ0v) is 18.9. The Labute approximate surface area is 193 Å². The Morgan fingerprint density at radius 1 is 1.22 bits per heavy atom. The van der Waals surface area contributed by atoms with Crippen molar-refractivity contribution in [1.29, 1.82) is 0 Å². The van der Waals surface area contributed by atoms with Gasteiger partial charge in [-0.25, -0.2) is 9.78 Å². The quantitative estimate of drug-likeness (QED) is 0.210. The summed E-state index contributed by atoms with van der Waals surface area (Å²) in [5, 5.41) is 6.75. The summed E-state index contributed by atoms with van der Waals surface area (Å²) < 4.78 is 15.7. The third kappa shape index (κ3) is 6.29. The van der Waals surface area contributed by atoms with Gasteiger partial charge in [0.1, 0.15) is 0 Å². The molecule has 3 rings (SSSR count). The summed E-state index contributed by atoms with van der Waals surface area (Å²) in [6.45, 7) is 2.09. The Balaban J connectivity index is 1.63. The molecule has 32 heavy (non-hydrogen) atoms. The Morgan fingerprint density at radius 3 is 2.78 bits per heavy atom. The molecular weight excluding hydrogens is 454 g/mol. The molecular formula is C22H20ClN3O5S. The van der Waals surface area contributed by atoms with E-state index >= 15 is 0 Å². The van der Waals surface area contributed by atoms with E-state index in [2.05, 4.69) is 15.5 Å². The average Bonchev–Trinajstić information content (AvgIpc) is 3.22. The SMILES string of the molecule is CCOC(=O)Cc1csc(NN=Cc2ccc(OC(=O)c3ccccc3Cl)c(OC)c2)n1. The normalized spacial score (nSPS) is 10.7. The number of esters is 2.